The maximum atomic E-state index is 13.0. The number of aliphatic carboxylic acids is 1. The van der Waals surface area contributed by atoms with Crippen LogP contribution in [0.4, 0.5) is 4.39 Å². The van der Waals surface area contributed by atoms with Crippen LogP contribution in [0.5, 0.6) is 0 Å². The van der Waals surface area contributed by atoms with Gasteiger partial charge in [0.15, 0.2) is 0 Å². The number of nitrogens with zero attached hydrogens (tertiary/aromatic N) is 1. The first-order chi connectivity index (χ1) is 17.1. The van der Waals surface area contributed by atoms with Crippen molar-refractivity contribution in [2.75, 3.05) is 19.7 Å². The molecule has 0 aromatic carbocycles. The van der Waals surface area contributed by atoms with Crippen molar-refractivity contribution in [2.24, 2.45) is 5.50 Å². The molecule has 1 heterocycles. The number of carboxylic acids is 1. The van der Waals surface area contributed by atoms with E-state index in [1.165, 1.54) is 6.07 Å². The van der Waals surface area contributed by atoms with Crippen LogP contribution in [0.2, 0.25) is 5.02 Å². The van der Waals surface area contributed by atoms with Crippen molar-refractivity contribution in [2.45, 2.75) is 57.4 Å². The molecule has 0 radical (unpaired) electrons. The van der Waals surface area contributed by atoms with E-state index in [1.54, 1.807) is 0 Å². The highest BCUT2D eigenvalue weighted by molar-refractivity contribution is 7.43. The van der Waals surface area contributed by atoms with Crippen molar-refractivity contribution in [1.29, 1.82) is 0 Å². The van der Waals surface area contributed by atoms with Gasteiger partial charge in [-0.3, -0.25) is 19.9 Å². The summed E-state index contributed by atoms with van der Waals surface area (Å²) in [5, 5.41) is 16.8. The summed E-state index contributed by atoms with van der Waals surface area (Å²) in [4.78, 5) is 59.5. The maximum absolute atomic E-state index is 13.0. The Labute approximate surface area is 214 Å². The normalized spacial score (nSPS) is 12.4. The standard InChI is InChI=1S/C21H32ClFN5O7P/c22-15-12-14(13-27-19(15)23)20(31)26-10-3-1-2-6-18(30)28-16(21(32)33)7-8-17(29)25-9-4-5-11-35-36(24)34/h12-13,16,34H,1-11,24H2,(H,25,29)(H,26,31)(H,28,30)(H,32,33). The average molecular weight is 552 g/mol. The summed E-state index contributed by atoms with van der Waals surface area (Å²) in [6, 6.07) is -0.00000301. The predicted molar refractivity (Wildman–Crippen MR) is 130 cm³/mol. The fourth-order valence-corrected chi connectivity index (χ4v) is 3.42. The van der Waals surface area contributed by atoms with Gasteiger partial charge in [0.05, 0.1) is 17.2 Å². The number of hydrogen-bond acceptors (Lipinski definition) is 8. The molecular weight excluding hydrogens is 520 g/mol. The molecule has 3 amide bonds. The van der Waals surface area contributed by atoms with Gasteiger partial charge in [0, 0.05) is 32.1 Å². The van der Waals surface area contributed by atoms with E-state index in [-0.39, 0.29) is 42.4 Å². The Kier molecular flexibility index (Phi) is 15.7. The summed E-state index contributed by atoms with van der Waals surface area (Å²) in [6.07, 6.45) is 3.92. The number of halogens is 2. The molecule has 202 valence electrons. The van der Waals surface area contributed by atoms with Crippen molar-refractivity contribution >= 4 is 43.8 Å². The van der Waals surface area contributed by atoms with E-state index in [1.807, 2.05) is 0 Å². The predicted octanol–water partition coefficient (Wildman–Crippen LogP) is 1.60. The van der Waals surface area contributed by atoms with Gasteiger partial charge < -0.3 is 30.5 Å². The van der Waals surface area contributed by atoms with Gasteiger partial charge in [0.1, 0.15) is 6.04 Å². The molecule has 0 aliphatic carbocycles. The molecule has 1 aromatic heterocycles. The number of carbonyl (C=O) groups excluding carboxylic acids is 3. The fraction of sp³-hybridized carbons (Fsp3) is 0.571. The third-order valence-corrected chi connectivity index (χ3v) is 5.55. The Morgan fingerprint density at radius 1 is 1.08 bits per heavy atom. The summed E-state index contributed by atoms with van der Waals surface area (Å²) < 4.78 is 17.9. The van der Waals surface area contributed by atoms with Crippen LogP contribution in [0.25, 0.3) is 0 Å². The second-order valence-electron chi connectivity index (χ2n) is 7.75. The number of nitrogens with two attached hydrogens (primary N) is 1. The molecule has 7 N–H and O–H groups in total. The lowest BCUT2D eigenvalue weighted by Gasteiger charge is -2.14. The monoisotopic (exact) mass is 551 g/mol. The third-order valence-electron chi connectivity index (χ3n) is 4.83. The first kappa shape index (κ1) is 31.6. The Balaban J connectivity index is 2.18. The number of amides is 3. The van der Waals surface area contributed by atoms with Crippen LogP contribution in [-0.2, 0) is 18.9 Å². The summed E-state index contributed by atoms with van der Waals surface area (Å²) in [5.74, 6) is -3.31. The molecule has 0 spiro atoms. The molecule has 1 aromatic rings. The smallest absolute Gasteiger partial charge is 0.326 e. The van der Waals surface area contributed by atoms with Crippen LogP contribution in [0.15, 0.2) is 12.3 Å². The SMILES string of the molecule is NP(O)OCCCCNC(=O)CCC(NC(=O)CCCCCNC(=O)c1cnc(F)c(Cl)c1)C(=O)O. The van der Waals surface area contributed by atoms with Crippen molar-refractivity contribution in [3.63, 3.8) is 0 Å². The summed E-state index contributed by atoms with van der Waals surface area (Å²) in [6.45, 7) is 0.972. The Morgan fingerprint density at radius 3 is 2.44 bits per heavy atom. The number of unbranched alkanes of at least 4 members (excludes halogenated alkanes) is 3. The first-order valence-corrected chi connectivity index (χ1v) is 13.0. The largest absolute Gasteiger partial charge is 0.480 e. The van der Waals surface area contributed by atoms with Gasteiger partial charge in [-0.1, -0.05) is 18.0 Å². The highest BCUT2D eigenvalue weighted by atomic mass is 35.5. The second-order valence-corrected chi connectivity index (χ2v) is 9.02. The molecule has 0 bridgehead atoms. The highest BCUT2D eigenvalue weighted by Gasteiger charge is 2.20. The zero-order chi connectivity index (χ0) is 26.9. The fourth-order valence-electron chi connectivity index (χ4n) is 2.94. The minimum absolute atomic E-state index is 0.0493. The molecule has 2 atom stereocenters. The molecule has 36 heavy (non-hydrogen) atoms. The molecule has 1 rings (SSSR count). The summed E-state index contributed by atoms with van der Waals surface area (Å²) in [7, 11) is -1.89. The molecular formula is C21H32ClFN5O7P. The molecule has 0 saturated heterocycles. The van der Waals surface area contributed by atoms with Crippen molar-refractivity contribution in [3.8, 4) is 0 Å². The van der Waals surface area contributed by atoms with Gasteiger partial charge in [-0.15, -0.1) is 0 Å². The number of pyridine rings is 1. The van der Waals surface area contributed by atoms with E-state index in [0.29, 0.717) is 45.2 Å². The Hall–Kier alpha value is -2.44. The number of aromatic nitrogens is 1. The number of nitrogens with one attached hydrogen (secondary N) is 3. The first-order valence-electron chi connectivity index (χ1n) is 11.3. The van der Waals surface area contributed by atoms with Gasteiger partial charge in [-0.05, 0) is 38.2 Å². The lowest BCUT2D eigenvalue weighted by atomic mass is 10.1. The second kappa shape index (κ2) is 17.9. The topological polar surface area (TPSA) is 193 Å². The van der Waals surface area contributed by atoms with Crippen LogP contribution in [-0.4, -0.2) is 64.4 Å². The minimum Gasteiger partial charge on any atom is -0.480 e. The highest BCUT2D eigenvalue weighted by Crippen LogP contribution is 2.19. The molecule has 0 aliphatic rings. The summed E-state index contributed by atoms with van der Waals surface area (Å²) >= 11 is 5.60. The van der Waals surface area contributed by atoms with Gasteiger partial charge in [-0.2, -0.15) is 4.39 Å². The molecule has 15 heteroatoms. The molecule has 0 saturated carbocycles. The van der Waals surface area contributed by atoms with Gasteiger partial charge in [0.2, 0.25) is 26.3 Å². The quantitative estimate of drug-likeness (QED) is 0.0892. The van der Waals surface area contributed by atoms with Crippen LogP contribution in [0.3, 0.4) is 0 Å². The average Bonchev–Trinajstić information content (AvgIpc) is 2.82. The Bertz CT molecular complexity index is 881. The number of carboxylic acid groups (broad SMARTS) is 1. The zero-order valence-electron chi connectivity index (χ0n) is 19.7. The van der Waals surface area contributed by atoms with E-state index in [4.69, 9.17) is 26.5 Å². The zero-order valence-corrected chi connectivity index (χ0v) is 21.3. The van der Waals surface area contributed by atoms with Crippen LogP contribution in [0.1, 0.15) is 61.7 Å². The van der Waals surface area contributed by atoms with Crippen molar-refractivity contribution in [3.05, 3.63) is 28.8 Å². The number of hydrogen-bond donors (Lipinski definition) is 6. The van der Waals surface area contributed by atoms with E-state index in [0.717, 1.165) is 6.20 Å². The lowest BCUT2D eigenvalue weighted by Crippen LogP contribution is -2.41. The van der Waals surface area contributed by atoms with E-state index in [2.05, 4.69) is 20.9 Å². The van der Waals surface area contributed by atoms with E-state index in [9.17, 15) is 28.7 Å². The van der Waals surface area contributed by atoms with Crippen molar-refractivity contribution in [1.82, 2.24) is 20.9 Å². The molecule has 0 fully saturated rings. The van der Waals surface area contributed by atoms with Crippen LogP contribution in [0, 0.1) is 5.95 Å². The lowest BCUT2D eigenvalue weighted by molar-refractivity contribution is -0.142. The third kappa shape index (κ3) is 14.2. The van der Waals surface area contributed by atoms with E-state index < -0.39 is 38.3 Å². The maximum Gasteiger partial charge on any atom is 0.326 e. The van der Waals surface area contributed by atoms with Crippen LogP contribution >= 0.6 is 20.1 Å². The molecule has 0 aliphatic heterocycles. The molecule has 2 unspecified atom stereocenters. The van der Waals surface area contributed by atoms with Crippen LogP contribution < -0.4 is 21.5 Å². The minimum atomic E-state index is -1.89. The van der Waals surface area contributed by atoms with Crippen molar-refractivity contribution < 1.29 is 38.1 Å². The van der Waals surface area contributed by atoms with Gasteiger partial charge in [0.25, 0.3) is 5.91 Å². The van der Waals surface area contributed by atoms with Gasteiger partial charge in [-0.25, -0.2) is 9.78 Å². The van der Waals surface area contributed by atoms with E-state index >= 15 is 0 Å². The number of carbonyl (C=O) groups is 4. The Morgan fingerprint density at radius 2 is 1.78 bits per heavy atom. The van der Waals surface area contributed by atoms with Gasteiger partial charge >= 0.3 is 5.97 Å². The number of rotatable bonds is 18. The molecule has 12 nitrogen and oxygen atoms in total. The summed E-state index contributed by atoms with van der Waals surface area (Å²) in [5.41, 5.74) is 5.22.